The van der Waals surface area contributed by atoms with Gasteiger partial charge in [-0.25, -0.2) is 0 Å². The summed E-state index contributed by atoms with van der Waals surface area (Å²) in [4.78, 5) is 17.9. The van der Waals surface area contributed by atoms with Gasteiger partial charge in [-0.1, -0.05) is 11.3 Å². The van der Waals surface area contributed by atoms with Crippen LogP contribution in [0.3, 0.4) is 0 Å². The third kappa shape index (κ3) is 4.20. The Morgan fingerprint density at radius 3 is 2.59 bits per heavy atom. The van der Waals surface area contributed by atoms with E-state index in [2.05, 4.69) is 10.1 Å². The van der Waals surface area contributed by atoms with Gasteiger partial charge in [0.2, 0.25) is 0 Å². The van der Waals surface area contributed by atoms with E-state index in [4.69, 9.17) is 14.2 Å². The van der Waals surface area contributed by atoms with Crippen LogP contribution in [0.1, 0.15) is 37.3 Å². The van der Waals surface area contributed by atoms with Crippen LogP contribution in [0.5, 0.6) is 11.5 Å². The molecule has 0 atom stereocenters. The maximum atomic E-state index is 12.9. The summed E-state index contributed by atoms with van der Waals surface area (Å²) in [5.74, 6) is 1.05. The van der Waals surface area contributed by atoms with Gasteiger partial charge in [-0.15, -0.1) is 0 Å². The number of aromatic nitrogens is 3. The Morgan fingerprint density at radius 1 is 1.21 bits per heavy atom. The maximum Gasteiger partial charge on any atom is 0.297 e. The van der Waals surface area contributed by atoms with Gasteiger partial charge < -0.3 is 18.8 Å². The first-order chi connectivity index (χ1) is 14.0. The molecule has 9 heteroatoms. The number of fused-ring (bicyclic) bond motifs is 1. The largest absolute Gasteiger partial charge is 0.495 e. The Kier molecular flexibility index (Phi) is 6.71. The molecule has 3 aromatic rings. The van der Waals surface area contributed by atoms with Crippen LogP contribution in [-0.4, -0.2) is 47.7 Å². The van der Waals surface area contributed by atoms with Crippen LogP contribution in [0.15, 0.2) is 29.4 Å². The Hall–Kier alpha value is -2.65. The molecular weight excluding hydrogens is 392 g/mol. The van der Waals surface area contributed by atoms with Crippen LogP contribution in [0, 0.1) is 0 Å². The summed E-state index contributed by atoms with van der Waals surface area (Å²) in [6, 6.07) is 5.45. The van der Waals surface area contributed by atoms with Crippen molar-refractivity contribution in [1.29, 1.82) is 0 Å². The van der Waals surface area contributed by atoms with Crippen molar-refractivity contribution < 1.29 is 19.0 Å². The summed E-state index contributed by atoms with van der Waals surface area (Å²) in [6.07, 6.45) is 1.61. The van der Waals surface area contributed by atoms with Crippen LogP contribution in [-0.2, 0) is 11.3 Å². The molecule has 156 valence electrons. The summed E-state index contributed by atoms with van der Waals surface area (Å²) in [5.41, 5.74) is 1.29. The molecule has 0 aliphatic heterocycles. The first-order valence-corrected chi connectivity index (χ1v) is 10.3. The summed E-state index contributed by atoms with van der Waals surface area (Å²) in [6.45, 7) is 7.54. The fraction of sp³-hybridized carbons (Fsp3) is 0.450. The predicted molar refractivity (Wildman–Crippen MR) is 112 cm³/mol. The Bertz CT molecular complexity index is 1060. The van der Waals surface area contributed by atoms with E-state index in [-0.39, 0.29) is 11.9 Å². The first kappa shape index (κ1) is 21.1. The molecular formula is C20H26N4O4S. The van der Waals surface area contributed by atoms with E-state index in [1.54, 1.807) is 31.2 Å². The van der Waals surface area contributed by atoms with Gasteiger partial charge in [0.15, 0.2) is 4.80 Å². The lowest BCUT2D eigenvalue weighted by Crippen LogP contribution is -2.21. The molecule has 1 amide bonds. The zero-order valence-corrected chi connectivity index (χ0v) is 18.2. The lowest BCUT2D eigenvalue weighted by atomic mass is 10.3. The molecule has 0 aliphatic carbocycles. The Morgan fingerprint density at radius 2 is 1.93 bits per heavy atom. The van der Waals surface area contributed by atoms with E-state index in [1.807, 2.05) is 37.5 Å². The third-order valence-corrected chi connectivity index (χ3v) is 5.52. The topological polar surface area (TPSA) is 79.9 Å². The highest BCUT2D eigenvalue weighted by Gasteiger charge is 2.18. The molecule has 0 saturated heterocycles. The second-order valence-corrected chi connectivity index (χ2v) is 7.53. The molecule has 0 aliphatic rings. The average molecular weight is 419 g/mol. The number of amides is 1. The fourth-order valence-electron chi connectivity index (χ4n) is 3.09. The number of hydrogen-bond acceptors (Lipinski definition) is 6. The van der Waals surface area contributed by atoms with Gasteiger partial charge in [-0.3, -0.25) is 9.48 Å². The summed E-state index contributed by atoms with van der Waals surface area (Å²) < 4.78 is 21.1. The van der Waals surface area contributed by atoms with E-state index in [0.717, 1.165) is 10.2 Å². The molecule has 2 aromatic heterocycles. The minimum Gasteiger partial charge on any atom is -0.495 e. The standard InChI is InChI=1S/C20H26N4O4S/c1-6-28-12-11-23-17-15(26-4)7-8-16(27-5)18(17)29-20(23)22-19(25)14-9-10-21-24(14)13(2)3/h7-10,13H,6,11-12H2,1-5H3. The van der Waals surface area contributed by atoms with Gasteiger partial charge in [0.25, 0.3) is 5.91 Å². The number of benzene rings is 1. The van der Waals surface area contributed by atoms with E-state index in [1.165, 1.54) is 11.3 Å². The van der Waals surface area contributed by atoms with Gasteiger partial charge in [0.05, 0.1) is 20.8 Å². The van der Waals surface area contributed by atoms with Gasteiger partial charge >= 0.3 is 0 Å². The van der Waals surface area contributed by atoms with Gasteiger partial charge in [0, 0.05) is 25.4 Å². The zero-order chi connectivity index (χ0) is 21.0. The lowest BCUT2D eigenvalue weighted by molar-refractivity contribution is 0.0984. The number of thiazole rings is 1. The molecule has 29 heavy (non-hydrogen) atoms. The van der Waals surface area contributed by atoms with Crippen molar-refractivity contribution in [2.75, 3.05) is 27.4 Å². The molecule has 0 fully saturated rings. The molecule has 0 saturated carbocycles. The predicted octanol–water partition coefficient (Wildman–Crippen LogP) is 3.28. The van der Waals surface area contributed by atoms with Crippen LogP contribution >= 0.6 is 11.3 Å². The molecule has 0 unspecified atom stereocenters. The van der Waals surface area contributed by atoms with E-state index in [9.17, 15) is 4.79 Å². The number of ether oxygens (including phenoxy) is 3. The summed E-state index contributed by atoms with van der Waals surface area (Å²) in [7, 11) is 3.24. The maximum absolute atomic E-state index is 12.9. The van der Waals surface area contributed by atoms with Crippen molar-refractivity contribution in [3.63, 3.8) is 0 Å². The number of methoxy groups -OCH3 is 2. The highest BCUT2D eigenvalue weighted by Crippen LogP contribution is 2.35. The average Bonchev–Trinajstić information content (AvgIpc) is 3.33. The first-order valence-electron chi connectivity index (χ1n) is 9.46. The molecule has 0 spiro atoms. The normalized spacial score (nSPS) is 12.1. The quantitative estimate of drug-likeness (QED) is 0.525. The monoisotopic (exact) mass is 418 g/mol. The number of rotatable bonds is 8. The van der Waals surface area contributed by atoms with Crippen molar-refractivity contribution in [3.05, 3.63) is 34.9 Å². The summed E-state index contributed by atoms with van der Waals surface area (Å²) >= 11 is 1.39. The molecule has 8 nitrogen and oxygen atoms in total. The molecule has 2 heterocycles. The minimum absolute atomic E-state index is 0.0619. The Labute approximate surface area is 173 Å². The van der Waals surface area contributed by atoms with Gasteiger partial charge in [0.1, 0.15) is 27.4 Å². The number of carbonyl (C=O) groups is 1. The number of nitrogens with zero attached hydrogens (tertiary/aromatic N) is 4. The second kappa shape index (κ2) is 9.23. The van der Waals surface area contributed by atoms with Crippen LogP contribution in [0.4, 0.5) is 0 Å². The van der Waals surface area contributed by atoms with E-state index < -0.39 is 0 Å². The van der Waals surface area contributed by atoms with Crippen molar-refractivity contribution in [2.45, 2.75) is 33.4 Å². The molecule has 0 N–H and O–H groups in total. The van der Waals surface area contributed by atoms with E-state index >= 15 is 0 Å². The van der Waals surface area contributed by atoms with Crippen molar-refractivity contribution in [2.24, 2.45) is 4.99 Å². The van der Waals surface area contributed by atoms with Crippen LogP contribution < -0.4 is 14.3 Å². The summed E-state index contributed by atoms with van der Waals surface area (Å²) in [5, 5.41) is 4.23. The highest BCUT2D eigenvalue weighted by molar-refractivity contribution is 7.16. The van der Waals surface area contributed by atoms with Crippen molar-refractivity contribution >= 4 is 27.5 Å². The zero-order valence-electron chi connectivity index (χ0n) is 17.3. The molecule has 1 aromatic carbocycles. The smallest absolute Gasteiger partial charge is 0.297 e. The Balaban J connectivity index is 2.19. The number of carbonyl (C=O) groups excluding carboxylic acids is 1. The van der Waals surface area contributed by atoms with Crippen molar-refractivity contribution in [1.82, 2.24) is 14.3 Å². The van der Waals surface area contributed by atoms with Gasteiger partial charge in [-0.2, -0.15) is 10.1 Å². The van der Waals surface area contributed by atoms with Crippen LogP contribution in [0.2, 0.25) is 0 Å². The van der Waals surface area contributed by atoms with Crippen LogP contribution in [0.25, 0.3) is 10.2 Å². The van der Waals surface area contributed by atoms with Crippen molar-refractivity contribution in [3.8, 4) is 11.5 Å². The highest BCUT2D eigenvalue weighted by atomic mass is 32.1. The van der Waals surface area contributed by atoms with Gasteiger partial charge in [-0.05, 0) is 39.0 Å². The molecule has 0 bridgehead atoms. The van der Waals surface area contributed by atoms with E-state index in [0.29, 0.717) is 41.8 Å². The minimum atomic E-state index is -0.342. The fourth-order valence-corrected chi connectivity index (χ4v) is 4.25. The lowest BCUT2D eigenvalue weighted by Gasteiger charge is -2.10. The molecule has 3 rings (SSSR count). The molecule has 0 radical (unpaired) electrons. The third-order valence-electron chi connectivity index (χ3n) is 4.43. The SMILES string of the molecule is CCOCCn1c(=NC(=O)c2ccnn2C(C)C)sc2c(OC)ccc(OC)c21. The number of hydrogen-bond donors (Lipinski definition) is 0. The second-order valence-electron chi connectivity index (χ2n) is 6.55.